The Kier molecular flexibility index (Phi) is 5.60. The molecule has 0 unspecified atom stereocenters. The number of benzene rings is 1. The van der Waals surface area contributed by atoms with Gasteiger partial charge in [0.05, 0.1) is 17.1 Å². The Hall–Kier alpha value is -0.960. The van der Waals surface area contributed by atoms with E-state index >= 15 is 0 Å². The smallest absolute Gasteiger partial charge is 0.338 e. The number of carbonyl (C=O) groups excluding carboxylic acids is 1. The summed E-state index contributed by atoms with van der Waals surface area (Å²) in [5.41, 5.74) is 6.02. The van der Waals surface area contributed by atoms with Gasteiger partial charge in [0.2, 0.25) is 10.0 Å². The van der Waals surface area contributed by atoms with E-state index < -0.39 is 16.0 Å². The largest absolute Gasteiger partial charge is 0.462 e. The molecular weight excluding hydrogens is 372 g/mol. The van der Waals surface area contributed by atoms with E-state index in [9.17, 15) is 13.2 Å². The van der Waals surface area contributed by atoms with Crippen LogP contribution in [0.4, 0.5) is 0 Å². The lowest BCUT2D eigenvalue weighted by Gasteiger charge is -2.29. The number of hydrogen-bond donors (Lipinski definition) is 1. The third-order valence-corrected chi connectivity index (χ3v) is 5.85. The normalized spacial score (nSPS) is 17.4. The first-order valence-electron chi connectivity index (χ1n) is 7.08. The van der Waals surface area contributed by atoms with Crippen molar-refractivity contribution in [2.24, 2.45) is 5.73 Å². The molecule has 0 saturated carbocycles. The van der Waals surface area contributed by atoms with E-state index in [1.807, 2.05) is 0 Å². The molecule has 2 N–H and O–H groups in total. The predicted molar refractivity (Wildman–Crippen MR) is 86.1 cm³/mol. The first-order valence-corrected chi connectivity index (χ1v) is 9.31. The summed E-state index contributed by atoms with van der Waals surface area (Å²) < 4.78 is 32.2. The average Bonchev–Trinajstić information content (AvgIpc) is 2.47. The number of halogens is 1. The van der Waals surface area contributed by atoms with Crippen molar-refractivity contribution in [2.45, 2.75) is 30.7 Å². The van der Waals surface area contributed by atoms with Crippen LogP contribution in [0, 0.1) is 0 Å². The molecule has 0 aromatic heterocycles. The van der Waals surface area contributed by atoms with Crippen LogP contribution in [0.25, 0.3) is 0 Å². The summed E-state index contributed by atoms with van der Waals surface area (Å²) in [5.74, 6) is -0.541. The molecule has 1 fully saturated rings. The summed E-state index contributed by atoms with van der Waals surface area (Å²) in [7, 11) is -3.64. The summed E-state index contributed by atoms with van der Waals surface area (Å²) in [4.78, 5) is 11.9. The highest BCUT2D eigenvalue weighted by Crippen LogP contribution is 2.25. The highest BCUT2D eigenvalue weighted by atomic mass is 79.9. The first kappa shape index (κ1) is 17.4. The van der Waals surface area contributed by atoms with Crippen molar-refractivity contribution >= 4 is 31.9 Å². The Balaban J connectivity index is 2.32. The van der Waals surface area contributed by atoms with Crippen molar-refractivity contribution in [1.29, 1.82) is 0 Å². The van der Waals surface area contributed by atoms with Crippen LogP contribution >= 0.6 is 15.9 Å². The zero-order valence-corrected chi connectivity index (χ0v) is 14.7. The number of hydrogen-bond acceptors (Lipinski definition) is 5. The predicted octanol–water partition coefficient (Wildman–Crippen LogP) is 1.74. The van der Waals surface area contributed by atoms with Gasteiger partial charge in [-0.3, -0.25) is 0 Å². The van der Waals surface area contributed by atoms with Crippen molar-refractivity contribution in [3.05, 3.63) is 28.2 Å². The molecule has 1 saturated heterocycles. The molecule has 6 nitrogen and oxygen atoms in total. The molecule has 1 aliphatic rings. The summed E-state index contributed by atoms with van der Waals surface area (Å²) >= 11 is 3.25. The fourth-order valence-electron chi connectivity index (χ4n) is 2.31. The summed E-state index contributed by atoms with van der Waals surface area (Å²) in [5, 5.41) is 0. The lowest BCUT2D eigenvalue weighted by molar-refractivity contribution is 0.0526. The van der Waals surface area contributed by atoms with Gasteiger partial charge in [-0.15, -0.1) is 0 Å². The van der Waals surface area contributed by atoms with Crippen LogP contribution in [0.3, 0.4) is 0 Å². The minimum atomic E-state index is -3.64. The van der Waals surface area contributed by atoms with Gasteiger partial charge in [0.25, 0.3) is 0 Å². The van der Waals surface area contributed by atoms with E-state index in [1.54, 1.807) is 13.0 Å². The Morgan fingerprint density at radius 2 is 2.00 bits per heavy atom. The van der Waals surface area contributed by atoms with E-state index in [1.165, 1.54) is 16.4 Å². The molecule has 0 amide bonds. The van der Waals surface area contributed by atoms with Crippen LogP contribution in [0.5, 0.6) is 0 Å². The molecular formula is C14H19BrN2O4S. The van der Waals surface area contributed by atoms with Gasteiger partial charge in [0.15, 0.2) is 0 Å². The Labute approximate surface area is 138 Å². The van der Waals surface area contributed by atoms with Crippen LogP contribution in [0.1, 0.15) is 30.1 Å². The third-order valence-electron chi connectivity index (χ3n) is 3.52. The second kappa shape index (κ2) is 7.08. The zero-order chi connectivity index (χ0) is 16.3. The fraction of sp³-hybridized carbons (Fsp3) is 0.500. The maximum absolute atomic E-state index is 12.7. The first-order chi connectivity index (χ1) is 10.3. The van der Waals surface area contributed by atoms with E-state index in [2.05, 4.69) is 15.9 Å². The summed E-state index contributed by atoms with van der Waals surface area (Å²) in [6, 6.07) is 4.44. The minimum absolute atomic E-state index is 0.0454. The Morgan fingerprint density at radius 1 is 1.36 bits per heavy atom. The molecule has 0 spiro atoms. The lowest BCUT2D eigenvalue weighted by atomic mass is 10.1. The fourth-order valence-corrected chi connectivity index (χ4v) is 4.50. The number of rotatable bonds is 4. The van der Waals surface area contributed by atoms with Crippen molar-refractivity contribution < 1.29 is 17.9 Å². The van der Waals surface area contributed by atoms with Gasteiger partial charge in [-0.05, 0) is 38.0 Å². The van der Waals surface area contributed by atoms with Gasteiger partial charge >= 0.3 is 5.97 Å². The van der Waals surface area contributed by atoms with Crippen molar-refractivity contribution in [3.63, 3.8) is 0 Å². The quantitative estimate of drug-likeness (QED) is 0.790. The maximum Gasteiger partial charge on any atom is 0.338 e. The van der Waals surface area contributed by atoms with Crippen LogP contribution in [-0.4, -0.2) is 44.4 Å². The van der Waals surface area contributed by atoms with Crippen molar-refractivity contribution in [3.8, 4) is 0 Å². The molecule has 1 heterocycles. The summed E-state index contributed by atoms with van der Waals surface area (Å²) in [6.45, 7) is 2.72. The van der Waals surface area contributed by atoms with Gasteiger partial charge in [0.1, 0.15) is 0 Å². The van der Waals surface area contributed by atoms with Gasteiger partial charge < -0.3 is 10.5 Å². The SMILES string of the molecule is CCOC(=O)c1cc(Br)cc(S(=O)(=O)N2CCC(N)CC2)c1. The standard InChI is InChI=1S/C14H19BrN2O4S/c1-2-21-14(18)10-7-11(15)9-13(8-10)22(19,20)17-5-3-12(16)4-6-17/h7-9,12H,2-6,16H2,1H3. The molecule has 0 atom stereocenters. The molecule has 1 aromatic carbocycles. The Morgan fingerprint density at radius 3 is 2.59 bits per heavy atom. The molecule has 0 radical (unpaired) electrons. The summed E-state index contributed by atoms with van der Waals surface area (Å²) in [6.07, 6.45) is 1.27. The highest BCUT2D eigenvalue weighted by Gasteiger charge is 2.29. The number of piperidine rings is 1. The van der Waals surface area contributed by atoms with E-state index in [-0.39, 0.29) is 23.1 Å². The van der Waals surface area contributed by atoms with Crippen molar-refractivity contribution in [2.75, 3.05) is 19.7 Å². The zero-order valence-electron chi connectivity index (χ0n) is 12.3. The number of nitrogens with two attached hydrogens (primary N) is 1. The van der Waals surface area contributed by atoms with Crippen LogP contribution < -0.4 is 5.73 Å². The molecule has 1 aliphatic heterocycles. The van der Waals surface area contributed by atoms with Gasteiger partial charge in [-0.1, -0.05) is 15.9 Å². The Bertz CT molecular complexity index is 655. The van der Waals surface area contributed by atoms with E-state index in [0.717, 1.165) is 0 Å². The van der Waals surface area contributed by atoms with E-state index in [4.69, 9.17) is 10.5 Å². The molecule has 122 valence electrons. The molecule has 0 aliphatic carbocycles. The number of nitrogens with zero attached hydrogens (tertiary/aromatic N) is 1. The van der Waals surface area contributed by atoms with Gasteiger partial charge in [-0.2, -0.15) is 4.31 Å². The number of carbonyl (C=O) groups is 1. The second-order valence-corrected chi connectivity index (χ2v) is 7.99. The molecule has 2 rings (SSSR count). The van der Waals surface area contributed by atoms with Gasteiger partial charge in [-0.25, -0.2) is 13.2 Å². The molecule has 1 aromatic rings. The lowest BCUT2D eigenvalue weighted by Crippen LogP contribution is -2.42. The van der Waals surface area contributed by atoms with Gasteiger partial charge in [0, 0.05) is 23.6 Å². The monoisotopic (exact) mass is 390 g/mol. The van der Waals surface area contributed by atoms with Crippen LogP contribution in [0.2, 0.25) is 0 Å². The number of esters is 1. The maximum atomic E-state index is 12.7. The van der Waals surface area contributed by atoms with Crippen LogP contribution in [0.15, 0.2) is 27.6 Å². The molecule has 0 bridgehead atoms. The highest BCUT2D eigenvalue weighted by molar-refractivity contribution is 9.10. The molecule has 8 heteroatoms. The minimum Gasteiger partial charge on any atom is -0.462 e. The topological polar surface area (TPSA) is 89.7 Å². The van der Waals surface area contributed by atoms with E-state index in [0.29, 0.717) is 30.4 Å². The third kappa shape index (κ3) is 3.87. The number of ether oxygens (including phenoxy) is 1. The average molecular weight is 391 g/mol. The molecule has 22 heavy (non-hydrogen) atoms. The van der Waals surface area contributed by atoms with Crippen LogP contribution in [-0.2, 0) is 14.8 Å². The second-order valence-electron chi connectivity index (χ2n) is 5.14. The number of sulfonamides is 1. The van der Waals surface area contributed by atoms with Crippen molar-refractivity contribution in [1.82, 2.24) is 4.31 Å².